The number of aryl methyl sites for hydroxylation is 1. The quantitative estimate of drug-likeness (QED) is 0.934. The fraction of sp³-hybridized carbons (Fsp3) is 0.389. The van der Waals surface area contributed by atoms with E-state index in [1.54, 1.807) is 17.7 Å². The summed E-state index contributed by atoms with van der Waals surface area (Å²) in [6.45, 7) is 0. The molecule has 0 radical (unpaired) electrons. The van der Waals surface area contributed by atoms with E-state index >= 15 is 0 Å². The van der Waals surface area contributed by atoms with Crippen LogP contribution < -0.4 is 10.9 Å². The first-order valence-electron chi connectivity index (χ1n) is 7.70. The summed E-state index contributed by atoms with van der Waals surface area (Å²) in [5.74, 6) is 0.698. The van der Waals surface area contributed by atoms with Crippen LogP contribution in [0.2, 0.25) is 0 Å². The van der Waals surface area contributed by atoms with Crippen molar-refractivity contribution in [2.75, 3.05) is 5.32 Å². The zero-order valence-corrected chi connectivity index (χ0v) is 12.5. The topological polar surface area (TPSA) is 34.0 Å². The Labute approximate surface area is 125 Å². The number of hydrogen-bond donors (Lipinski definition) is 1. The second-order valence-corrected chi connectivity index (χ2v) is 5.97. The van der Waals surface area contributed by atoms with Crippen LogP contribution in [0.5, 0.6) is 0 Å². The summed E-state index contributed by atoms with van der Waals surface area (Å²) in [6, 6.07) is 14.8. The fourth-order valence-electron chi connectivity index (χ4n) is 3.21. The van der Waals surface area contributed by atoms with Gasteiger partial charge >= 0.3 is 0 Å². The maximum atomic E-state index is 11.4. The molecule has 110 valence electrons. The van der Waals surface area contributed by atoms with Gasteiger partial charge in [0.1, 0.15) is 0 Å². The van der Waals surface area contributed by atoms with Gasteiger partial charge in [-0.05, 0) is 43.2 Å². The van der Waals surface area contributed by atoms with E-state index in [1.165, 1.54) is 31.2 Å². The highest BCUT2D eigenvalue weighted by molar-refractivity contribution is 5.41. The van der Waals surface area contributed by atoms with Gasteiger partial charge in [-0.3, -0.25) is 4.79 Å². The summed E-state index contributed by atoms with van der Waals surface area (Å²) in [7, 11) is 1.79. The molecule has 1 heterocycles. The SMILES string of the molecule is Cn1cc(NC2CCC(c3ccccc3)CC2)ccc1=O. The number of pyridine rings is 1. The van der Waals surface area contributed by atoms with Crippen LogP contribution in [0.15, 0.2) is 53.5 Å². The maximum Gasteiger partial charge on any atom is 0.250 e. The first-order chi connectivity index (χ1) is 10.2. The Bertz CT molecular complexity index is 640. The molecule has 0 amide bonds. The third-order valence-electron chi connectivity index (χ3n) is 4.45. The third-order valence-corrected chi connectivity index (χ3v) is 4.45. The Morgan fingerprint density at radius 1 is 1.00 bits per heavy atom. The van der Waals surface area contributed by atoms with Gasteiger partial charge in [-0.1, -0.05) is 30.3 Å². The summed E-state index contributed by atoms with van der Waals surface area (Å²) >= 11 is 0. The molecule has 0 spiro atoms. The van der Waals surface area contributed by atoms with Crippen molar-refractivity contribution in [1.82, 2.24) is 4.57 Å². The van der Waals surface area contributed by atoms with Gasteiger partial charge in [0.25, 0.3) is 0 Å². The summed E-state index contributed by atoms with van der Waals surface area (Å²) in [5, 5.41) is 3.56. The minimum Gasteiger partial charge on any atom is -0.381 e. The molecule has 0 bridgehead atoms. The highest BCUT2D eigenvalue weighted by Gasteiger charge is 2.22. The van der Waals surface area contributed by atoms with Crippen LogP contribution >= 0.6 is 0 Å². The lowest BCUT2D eigenvalue weighted by atomic mass is 9.82. The summed E-state index contributed by atoms with van der Waals surface area (Å²) in [6.07, 6.45) is 6.71. The fourth-order valence-corrected chi connectivity index (χ4v) is 3.21. The number of aromatic nitrogens is 1. The van der Waals surface area contributed by atoms with Gasteiger partial charge in [-0.15, -0.1) is 0 Å². The molecule has 0 aliphatic heterocycles. The number of hydrogen-bond acceptors (Lipinski definition) is 2. The zero-order chi connectivity index (χ0) is 14.7. The molecule has 0 unspecified atom stereocenters. The van der Waals surface area contributed by atoms with Crippen molar-refractivity contribution in [3.63, 3.8) is 0 Å². The van der Waals surface area contributed by atoms with Crippen molar-refractivity contribution in [3.8, 4) is 0 Å². The number of anilines is 1. The van der Waals surface area contributed by atoms with Crippen LogP contribution in [-0.2, 0) is 7.05 Å². The predicted molar refractivity (Wildman–Crippen MR) is 86.7 cm³/mol. The molecular formula is C18H22N2O. The second kappa shape index (κ2) is 6.17. The van der Waals surface area contributed by atoms with Gasteiger partial charge in [0.15, 0.2) is 0 Å². The normalized spacial score (nSPS) is 22.0. The molecule has 3 heteroatoms. The Kier molecular flexibility index (Phi) is 4.09. The van der Waals surface area contributed by atoms with Gasteiger partial charge in [-0.2, -0.15) is 0 Å². The molecule has 3 nitrogen and oxygen atoms in total. The maximum absolute atomic E-state index is 11.4. The van der Waals surface area contributed by atoms with Crippen LogP contribution in [-0.4, -0.2) is 10.6 Å². The minimum absolute atomic E-state index is 0.0355. The average molecular weight is 282 g/mol. The third kappa shape index (κ3) is 3.35. The van der Waals surface area contributed by atoms with Crippen molar-refractivity contribution in [2.24, 2.45) is 7.05 Å². The van der Waals surface area contributed by atoms with Crippen LogP contribution in [0.4, 0.5) is 5.69 Å². The van der Waals surface area contributed by atoms with E-state index in [1.807, 2.05) is 12.3 Å². The van der Waals surface area contributed by atoms with Gasteiger partial charge in [0.05, 0.1) is 5.69 Å². The average Bonchev–Trinajstić information content (AvgIpc) is 2.53. The smallest absolute Gasteiger partial charge is 0.250 e. The standard InChI is InChI=1S/C18H22N2O/c1-20-13-17(11-12-18(20)21)19-16-9-7-15(8-10-16)14-5-3-2-4-6-14/h2-6,11-13,15-16,19H,7-10H2,1H3. The van der Waals surface area contributed by atoms with Gasteiger partial charge in [0.2, 0.25) is 5.56 Å². The summed E-state index contributed by atoms with van der Waals surface area (Å²) < 4.78 is 1.62. The van der Waals surface area contributed by atoms with E-state index in [4.69, 9.17) is 0 Å². The van der Waals surface area contributed by atoms with Crippen molar-refractivity contribution in [3.05, 3.63) is 64.6 Å². The van der Waals surface area contributed by atoms with Crippen LogP contribution in [0.25, 0.3) is 0 Å². The van der Waals surface area contributed by atoms with E-state index in [2.05, 4.69) is 35.6 Å². The van der Waals surface area contributed by atoms with Crippen molar-refractivity contribution < 1.29 is 0 Å². The van der Waals surface area contributed by atoms with E-state index < -0.39 is 0 Å². The van der Waals surface area contributed by atoms with Crippen LogP contribution in [0.1, 0.15) is 37.2 Å². The Balaban J connectivity index is 1.58. The molecule has 1 aliphatic rings. The molecule has 2 aromatic rings. The highest BCUT2D eigenvalue weighted by atomic mass is 16.1. The number of nitrogens with zero attached hydrogens (tertiary/aromatic N) is 1. The number of benzene rings is 1. The molecule has 1 aromatic carbocycles. The largest absolute Gasteiger partial charge is 0.381 e. The zero-order valence-electron chi connectivity index (χ0n) is 12.5. The molecule has 0 atom stereocenters. The minimum atomic E-state index is 0.0355. The molecule has 1 aromatic heterocycles. The van der Waals surface area contributed by atoms with E-state index in [-0.39, 0.29) is 5.56 Å². The molecule has 21 heavy (non-hydrogen) atoms. The van der Waals surface area contributed by atoms with Crippen molar-refractivity contribution >= 4 is 5.69 Å². The second-order valence-electron chi connectivity index (χ2n) is 5.97. The van der Waals surface area contributed by atoms with E-state index in [9.17, 15) is 4.79 Å². The molecule has 1 saturated carbocycles. The van der Waals surface area contributed by atoms with Crippen molar-refractivity contribution in [2.45, 2.75) is 37.6 Å². The Hall–Kier alpha value is -2.03. The predicted octanol–water partition coefficient (Wildman–Crippen LogP) is 3.52. The number of nitrogens with one attached hydrogen (secondary N) is 1. The summed E-state index contributed by atoms with van der Waals surface area (Å²) in [4.78, 5) is 11.4. The lowest BCUT2D eigenvalue weighted by Gasteiger charge is -2.30. The Morgan fingerprint density at radius 3 is 2.38 bits per heavy atom. The highest BCUT2D eigenvalue weighted by Crippen LogP contribution is 2.33. The Morgan fingerprint density at radius 2 is 1.71 bits per heavy atom. The molecule has 1 fully saturated rings. The molecule has 1 aliphatic carbocycles. The van der Waals surface area contributed by atoms with E-state index in [0.29, 0.717) is 12.0 Å². The first-order valence-corrected chi connectivity index (χ1v) is 7.70. The van der Waals surface area contributed by atoms with Crippen LogP contribution in [0, 0.1) is 0 Å². The molecule has 0 saturated heterocycles. The van der Waals surface area contributed by atoms with Gasteiger partial charge in [-0.25, -0.2) is 0 Å². The van der Waals surface area contributed by atoms with Gasteiger partial charge < -0.3 is 9.88 Å². The molecular weight excluding hydrogens is 260 g/mol. The monoisotopic (exact) mass is 282 g/mol. The van der Waals surface area contributed by atoms with E-state index in [0.717, 1.165) is 5.69 Å². The molecule has 1 N–H and O–H groups in total. The van der Waals surface area contributed by atoms with Crippen LogP contribution in [0.3, 0.4) is 0 Å². The lowest BCUT2D eigenvalue weighted by molar-refractivity contribution is 0.412. The first kappa shape index (κ1) is 13.9. The van der Waals surface area contributed by atoms with Crippen molar-refractivity contribution in [1.29, 1.82) is 0 Å². The van der Waals surface area contributed by atoms with Gasteiger partial charge in [0, 0.05) is 25.4 Å². The summed E-state index contributed by atoms with van der Waals surface area (Å²) in [5.41, 5.74) is 2.55. The molecule has 3 rings (SSSR count). The lowest BCUT2D eigenvalue weighted by Crippen LogP contribution is -2.26. The number of rotatable bonds is 3.